The van der Waals surface area contributed by atoms with Crippen molar-refractivity contribution in [1.29, 1.82) is 0 Å². The largest absolute Gasteiger partial charge is 0.460 e. The van der Waals surface area contributed by atoms with E-state index in [-0.39, 0.29) is 6.08 Å². The number of rotatable bonds is 4. The van der Waals surface area contributed by atoms with Crippen molar-refractivity contribution in [3.05, 3.63) is 11.8 Å². The van der Waals surface area contributed by atoms with Gasteiger partial charge in [-0.3, -0.25) is 4.79 Å². The van der Waals surface area contributed by atoms with E-state index in [0.717, 1.165) is 7.11 Å². The molecule has 0 aromatic rings. The minimum absolute atomic E-state index is 0.316. The summed E-state index contributed by atoms with van der Waals surface area (Å²) in [5.41, 5.74) is 0. The molecule has 0 N–H and O–H groups in total. The summed E-state index contributed by atoms with van der Waals surface area (Å²) in [6.07, 6.45) is -7.27. The van der Waals surface area contributed by atoms with Gasteiger partial charge in [-0.1, -0.05) is 0 Å². The molecule has 0 amide bonds. The van der Waals surface area contributed by atoms with E-state index >= 15 is 0 Å². The topological polar surface area (TPSA) is 35.5 Å². The number of carbonyl (C=O) groups excluding carboxylic acids is 1. The molecule has 1 unspecified atom stereocenters. The third-order valence-corrected chi connectivity index (χ3v) is 2.86. The third-order valence-electron chi connectivity index (χ3n) is 2.86. The van der Waals surface area contributed by atoms with E-state index in [1.807, 2.05) is 0 Å². The smallest absolute Gasteiger partial charge is 0.452 e. The van der Waals surface area contributed by atoms with Crippen molar-refractivity contribution >= 4 is 5.78 Å². The van der Waals surface area contributed by atoms with Crippen LogP contribution in [0.5, 0.6) is 0 Å². The van der Waals surface area contributed by atoms with Crippen molar-refractivity contribution < 1.29 is 53.8 Å². The molecule has 0 aromatic carbocycles. The Bertz CT molecular complexity index is 508. The van der Waals surface area contributed by atoms with Crippen molar-refractivity contribution in [1.82, 2.24) is 0 Å². The van der Waals surface area contributed by atoms with Gasteiger partial charge in [0.1, 0.15) is 0 Å². The first kappa shape index (κ1) is 18.6. The van der Waals surface area contributed by atoms with E-state index in [1.165, 1.54) is 0 Å². The first-order chi connectivity index (χ1) is 9.54. The van der Waals surface area contributed by atoms with Crippen molar-refractivity contribution in [2.24, 2.45) is 0 Å². The van der Waals surface area contributed by atoms with E-state index < -0.39 is 41.3 Å². The van der Waals surface area contributed by atoms with Gasteiger partial charge in [-0.25, -0.2) is 0 Å². The standard InChI is InChI=1S/C10H7F9O3/c1-6(21-2)4(20)3-5(22-6)7(11,12)8(13,14)9(15,16)10(17,18)19/h3H,1-2H3. The Morgan fingerprint density at radius 1 is 1.00 bits per heavy atom. The van der Waals surface area contributed by atoms with E-state index in [1.54, 1.807) is 0 Å². The van der Waals surface area contributed by atoms with Crippen LogP contribution in [0.25, 0.3) is 0 Å². The summed E-state index contributed by atoms with van der Waals surface area (Å²) in [5, 5.41) is 0. The molecule has 0 saturated carbocycles. The highest BCUT2D eigenvalue weighted by Gasteiger charge is 2.83. The second-order valence-corrected chi connectivity index (χ2v) is 4.35. The molecule has 1 heterocycles. The molecular weight excluding hydrogens is 339 g/mol. The minimum atomic E-state index is -7.07. The quantitative estimate of drug-likeness (QED) is 0.733. The summed E-state index contributed by atoms with van der Waals surface area (Å²) in [6, 6.07) is 0. The molecule has 128 valence electrons. The molecule has 0 fully saturated rings. The SMILES string of the molecule is COC1(C)OC(C(F)(F)C(F)(F)C(F)(F)C(F)(F)F)=CC1=O. The van der Waals surface area contributed by atoms with Gasteiger partial charge in [0.05, 0.1) is 0 Å². The number of methoxy groups -OCH3 is 1. The molecule has 12 heteroatoms. The fourth-order valence-electron chi connectivity index (χ4n) is 1.37. The van der Waals surface area contributed by atoms with E-state index in [2.05, 4.69) is 9.47 Å². The fraction of sp³-hybridized carbons (Fsp3) is 0.700. The fourth-order valence-corrected chi connectivity index (χ4v) is 1.37. The van der Waals surface area contributed by atoms with Crippen molar-refractivity contribution in [2.45, 2.75) is 36.7 Å². The zero-order chi connectivity index (χ0) is 17.8. The average molecular weight is 346 g/mol. The monoisotopic (exact) mass is 346 g/mol. The van der Waals surface area contributed by atoms with E-state index in [4.69, 9.17) is 0 Å². The number of hydrogen-bond acceptors (Lipinski definition) is 3. The van der Waals surface area contributed by atoms with Gasteiger partial charge in [0.25, 0.3) is 5.79 Å². The van der Waals surface area contributed by atoms with Gasteiger partial charge in [-0.15, -0.1) is 0 Å². The Labute approximate surface area is 116 Å². The normalized spacial score (nSPS) is 24.3. The average Bonchev–Trinajstić information content (AvgIpc) is 2.65. The van der Waals surface area contributed by atoms with Gasteiger partial charge in [0.15, 0.2) is 5.76 Å². The van der Waals surface area contributed by atoms with Crippen LogP contribution in [0.4, 0.5) is 39.5 Å². The maximum atomic E-state index is 13.5. The summed E-state index contributed by atoms with van der Waals surface area (Å²) in [7, 11) is 0.745. The zero-order valence-corrected chi connectivity index (χ0v) is 10.7. The molecule has 0 spiro atoms. The maximum Gasteiger partial charge on any atom is 0.460 e. The first-order valence-electron chi connectivity index (χ1n) is 5.25. The van der Waals surface area contributed by atoms with Crippen LogP contribution in [0.2, 0.25) is 0 Å². The Balaban J connectivity index is 3.31. The molecule has 0 saturated heterocycles. The Morgan fingerprint density at radius 2 is 1.45 bits per heavy atom. The number of halogens is 9. The minimum Gasteiger partial charge on any atom is -0.452 e. The van der Waals surface area contributed by atoms with Crippen LogP contribution >= 0.6 is 0 Å². The first-order valence-corrected chi connectivity index (χ1v) is 5.25. The number of carbonyl (C=O) groups is 1. The van der Waals surface area contributed by atoms with Crippen LogP contribution < -0.4 is 0 Å². The van der Waals surface area contributed by atoms with Crippen LogP contribution in [-0.4, -0.2) is 42.6 Å². The van der Waals surface area contributed by atoms with E-state index in [0.29, 0.717) is 6.92 Å². The highest BCUT2D eigenvalue weighted by Crippen LogP contribution is 2.56. The van der Waals surface area contributed by atoms with Gasteiger partial charge in [-0.2, -0.15) is 39.5 Å². The molecule has 1 atom stereocenters. The predicted molar refractivity (Wildman–Crippen MR) is 50.5 cm³/mol. The summed E-state index contributed by atoms with van der Waals surface area (Å²) in [5.74, 6) is -26.4. The maximum absolute atomic E-state index is 13.5. The molecule has 22 heavy (non-hydrogen) atoms. The number of alkyl halides is 9. The number of ketones is 1. The summed E-state index contributed by atoms with van der Waals surface area (Å²) in [4.78, 5) is 11.2. The van der Waals surface area contributed by atoms with Gasteiger partial charge in [0.2, 0.25) is 5.78 Å². The lowest BCUT2D eigenvalue weighted by atomic mass is 10.0. The van der Waals surface area contributed by atoms with Gasteiger partial charge in [0, 0.05) is 20.1 Å². The Morgan fingerprint density at radius 3 is 1.77 bits per heavy atom. The van der Waals surface area contributed by atoms with Crippen LogP contribution in [-0.2, 0) is 14.3 Å². The molecule has 1 aliphatic heterocycles. The van der Waals surface area contributed by atoms with Gasteiger partial charge >= 0.3 is 23.9 Å². The second kappa shape index (κ2) is 4.77. The molecule has 0 radical (unpaired) electrons. The highest BCUT2D eigenvalue weighted by molar-refractivity contribution is 5.98. The molecule has 1 aliphatic rings. The zero-order valence-electron chi connectivity index (χ0n) is 10.7. The van der Waals surface area contributed by atoms with Gasteiger partial charge < -0.3 is 9.47 Å². The summed E-state index contributed by atoms with van der Waals surface area (Å²) >= 11 is 0. The van der Waals surface area contributed by atoms with E-state index in [9.17, 15) is 44.3 Å². The third kappa shape index (κ3) is 2.32. The molecule has 1 rings (SSSR count). The van der Waals surface area contributed by atoms with Crippen molar-refractivity contribution in [2.75, 3.05) is 7.11 Å². The lowest BCUT2D eigenvalue weighted by Gasteiger charge is -2.34. The molecule has 0 bridgehead atoms. The van der Waals surface area contributed by atoms with Crippen LogP contribution in [0, 0.1) is 0 Å². The lowest BCUT2D eigenvalue weighted by molar-refractivity contribution is -0.394. The Kier molecular flexibility index (Phi) is 4.03. The second-order valence-electron chi connectivity index (χ2n) is 4.35. The lowest BCUT2D eigenvalue weighted by Crippen LogP contribution is -2.61. The highest BCUT2D eigenvalue weighted by atomic mass is 19.4. The number of hydrogen-bond donors (Lipinski definition) is 0. The Hall–Kier alpha value is -1.46. The van der Waals surface area contributed by atoms with Crippen molar-refractivity contribution in [3.8, 4) is 0 Å². The van der Waals surface area contributed by atoms with Crippen molar-refractivity contribution in [3.63, 3.8) is 0 Å². The molecular formula is C10H7F9O3. The van der Waals surface area contributed by atoms with Crippen LogP contribution in [0.3, 0.4) is 0 Å². The number of ether oxygens (including phenoxy) is 2. The number of allylic oxidation sites excluding steroid dienone is 1. The summed E-state index contributed by atoms with van der Waals surface area (Å²) < 4.78 is 123. The van der Waals surface area contributed by atoms with Crippen LogP contribution in [0.1, 0.15) is 6.92 Å². The molecule has 0 aromatic heterocycles. The predicted octanol–water partition coefficient (Wildman–Crippen LogP) is 3.30. The molecule has 0 aliphatic carbocycles. The molecule has 3 nitrogen and oxygen atoms in total. The van der Waals surface area contributed by atoms with Crippen LogP contribution in [0.15, 0.2) is 11.8 Å². The summed E-state index contributed by atoms with van der Waals surface area (Å²) in [6.45, 7) is 0.689. The van der Waals surface area contributed by atoms with Gasteiger partial charge in [-0.05, 0) is 0 Å².